The van der Waals surface area contributed by atoms with Gasteiger partial charge in [0.1, 0.15) is 0 Å². The first kappa shape index (κ1) is 20.7. The van der Waals surface area contributed by atoms with Crippen LogP contribution in [0.15, 0.2) is 41.8 Å². The number of amides is 1. The highest BCUT2D eigenvalue weighted by atomic mass is 32.1. The number of carbonyl (C=O) groups is 1. The summed E-state index contributed by atoms with van der Waals surface area (Å²) in [6.07, 6.45) is 0.116. The fourth-order valence-corrected chi connectivity index (χ4v) is 4.41. The van der Waals surface area contributed by atoms with Crippen molar-refractivity contribution in [3.8, 4) is 28.5 Å². The van der Waals surface area contributed by atoms with Crippen LogP contribution in [0.5, 0.6) is 17.2 Å². The monoisotopic (exact) mass is 437 g/mol. The SMILES string of the molecule is COc1ccc(CC(=O)Nc2nc(-c3c(C)[nH]c4ccccc34)cs2)c(OC)c1OC. The number of aryl methyl sites for hydroxylation is 1. The summed E-state index contributed by atoms with van der Waals surface area (Å²) < 4.78 is 16.2. The molecule has 0 fully saturated rings. The number of hydrogen-bond donors (Lipinski definition) is 2. The van der Waals surface area contributed by atoms with Gasteiger partial charge in [-0.2, -0.15) is 0 Å². The molecule has 0 aliphatic rings. The maximum atomic E-state index is 12.7. The largest absolute Gasteiger partial charge is 0.493 e. The standard InChI is InChI=1S/C23H23N3O4S/c1-13-20(15-7-5-6-8-16(15)24-13)17-12-31-23(25-17)26-19(27)11-14-9-10-18(28-2)22(30-4)21(14)29-3/h5-10,12,24H,11H2,1-4H3,(H,25,26,27). The number of hydrogen-bond acceptors (Lipinski definition) is 6. The van der Waals surface area contributed by atoms with E-state index in [1.807, 2.05) is 30.5 Å². The maximum absolute atomic E-state index is 12.7. The smallest absolute Gasteiger partial charge is 0.230 e. The number of para-hydroxylation sites is 1. The van der Waals surface area contributed by atoms with Gasteiger partial charge in [0.05, 0.1) is 33.4 Å². The number of carbonyl (C=O) groups excluding carboxylic acids is 1. The van der Waals surface area contributed by atoms with Crippen molar-refractivity contribution in [2.24, 2.45) is 0 Å². The van der Waals surface area contributed by atoms with Crippen molar-refractivity contribution in [3.63, 3.8) is 0 Å². The number of aromatic amines is 1. The number of methoxy groups -OCH3 is 3. The Morgan fingerprint density at radius 3 is 2.58 bits per heavy atom. The number of nitrogens with one attached hydrogen (secondary N) is 2. The molecule has 160 valence electrons. The normalized spacial score (nSPS) is 10.8. The molecule has 8 heteroatoms. The van der Waals surface area contributed by atoms with Gasteiger partial charge in [0.2, 0.25) is 11.7 Å². The third-order valence-electron chi connectivity index (χ3n) is 5.04. The van der Waals surface area contributed by atoms with Crippen LogP contribution in [0.1, 0.15) is 11.3 Å². The van der Waals surface area contributed by atoms with Crippen LogP contribution in [0, 0.1) is 6.92 Å². The van der Waals surface area contributed by atoms with E-state index in [0.717, 1.165) is 27.9 Å². The molecule has 0 unspecified atom stereocenters. The van der Waals surface area contributed by atoms with Gasteiger partial charge in [0.15, 0.2) is 16.6 Å². The molecule has 7 nitrogen and oxygen atoms in total. The minimum absolute atomic E-state index is 0.116. The molecule has 2 N–H and O–H groups in total. The summed E-state index contributed by atoms with van der Waals surface area (Å²) in [5.74, 6) is 1.29. The van der Waals surface area contributed by atoms with Crippen LogP contribution in [0.3, 0.4) is 0 Å². The van der Waals surface area contributed by atoms with Gasteiger partial charge in [0.25, 0.3) is 0 Å². The Morgan fingerprint density at radius 1 is 1.06 bits per heavy atom. The molecule has 0 aliphatic carbocycles. The second kappa shape index (κ2) is 8.69. The lowest BCUT2D eigenvalue weighted by Gasteiger charge is -2.15. The number of ether oxygens (including phenoxy) is 3. The van der Waals surface area contributed by atoms with Crippen molar-refractivity contribution in [1.82, 2.24) is 9.97 Å². The first-order valence-electron chi connectivity index (χ1n) is 9.66. The Bertz CT molecular complexity index is 1250. The molecule has 0 aliphatic heterocycles. The van der Waals surface area contributed by atoms with Gasteiger partial charge >= 0.3 is 0 Å². The van der Waals surface area contributed by atoms with E-state index in [2.05, 4.69) is 21.4 Å². The van der Waals surface area contributed by atoms with E-state index in [0.29, 0.717) is 27.9 Å². The lowest BCUT2D eigenvalue weighted by atomic mass is 10.1. The van der Waals surface area contributed by atoms with Crippen molar-refractivity contribution in [2.45, 2.75) is 13.3 Å². The van der Waals surface area contributed by atoms with Crippen LogP contribution in [-0.2, 0) is 11.2 Å². The highest BCUT2D eigenvalue weighted by Gasteiger charge is 2.19. The summed E-state index contributed by atoms with van der Waals surface area (Å²) in [7, 11) is 4.63. The molecule has 2 aromatic carbocycles. The fourth-order valence-electron chi connectivity index (χ4n) is 3.69. The molecule has 2 heterocycles. The molecule has 0 radical (unpaired) electrons. The molecule has 0 atom stereocenters. The van der Waals surface area contributed by atoms with E-state index < -0.39 is 0 Å². The van der Waals surface area contributed by atoms with Crippen molar-refractivity contribution < 1.29 is 19.0 Å². The van der Waals surface area contributed by atoms with Crippen LogP contribution < -0.4 is 19.5 Å². The molecule has 1 amide bonds. The van der Waals surface area contributed by atoms with Crippen molar-refractivity contribution in [1.29, 1.82) is 0 Å². The van der Waals surface area contributed by atoms with E-state index in [-0.39, 0.29) is 12.3 Å². The van der Waals surface area contributed by atoms with Crippen molar-refractivity contribution in [2.75, 3.05) is 26.6 Å². The summed E-state index contributed by atoms with van der Waals surface area (Å²) in [6.45, 7) is 2.02. The number of anilines is 1. The Morgan fingerprint density at radius 2 is 1.84 bits per heavy atom. The molecule has 2 aromatic heterocycles. The van der Waals surface area contributed by atoms with Crippen LogP contribution in [0.25, 0.3) is 22.2 Å². The van der Waals surface area contributed by atoms with Crippen LogP contribution in [0.4, 0.5) is 5.13 Å². The van der Waals surface area contributed by atoms with E-state index in [4.69, 9.17) is 14.2 Å². The van der Waals surface area contributed by atoms with Crippen molar-refractivity contribution >= 4 is 33.3 Å². The first-order valence-corrected chi connectivity index (χ1v) is 10.5. The van der Waals surface area contributed by atoms with Crippen LogP contribution in [0.2, 0.25) is 0 Å². The average molecular weight is 438 g/mol. The lowest BCUT2D eigenvalue weighted by molar-refractivity contribution is -0.115. The maximum Gasteiger partial charge on any atom is 0.230 e. The topological polar surface area (TPSA) is 85.5 Å². The van der Waals surface area contributed by atoms with E-state index >= 15 is 0 Å². The molecule has 31 heavy (non-hydrogen) atoms. The second-order valence-corrected chi connectivity index (χ2v) is 7.78. The van der Waals surface area contributed by atoms with Gasteiger partial charge in [0, 0.05) is 33.1 Å². The van der Waals surface area contributed by atoms with E-state index in [1.165, 1.54) is 25.6 Å². The van der Waals surface area contributed by atoms with Crippen LogP contribution >= 0.6 is 11.3 Å². The zero-order chi connectivity index (χ0) is 22.0. The number of thiazole rings is 1. The summed E-state index contributed by atoms with van der Waals surface area (Å²) in [5.41, 5.74) is 4.68. The Hall–Kier alpha value is -3.52. The minimum Gasteiger partial charge on any atom is -0.493 e. The summed E-state index contributed by atoms with van der Waals surface area (Å²) in [4.78, 5) is 20.7. The number of benzene rings is 2. The molecular weight excluding hydrogens is 414 g/mol. The lowest BCUT2D eigenvalue weighted by Crippen LogP contribution is -2.15. The van der Waals surface area contributed by atoms with E-state index in [9.17, 15) is 4.79 Å². The number of H-pyrrole nitrogens is 1. The number of fused-ring (bicyclic) bond motifs is 1. The number of nitrogens with zero attached hydrogens (tertiary/aromatic N) is 1. The molecule has 0 saturated carbocycles. The fraction of sp³-hybridized carbons (Fsp3) is 0.217. The van der Waals surface area contributed by atoms with Gasteiger partial charge in [-0.05, 0) is 19.1 Å². The molecule has 0 bridgehead atoms. The molecule has 4 rings (SSSR count). The summed E-state index contributed by atoms with van der Waals surface area (Å²) >= 11 is 1.39. The molecule has 0 spiro atoms. The quantitative estimate of drug-likeness (QED) is 0.434. The third kappa shape index (κ3) is 3.94. The van der Waals surface area contributed by atoms with Gasteiger partial charge in [-0.15, -0.1) is 11.3 Å². The Labute approximate surface area is 184 Å². The van der Waals surface area contributed by atoms with Gasteiger partial charge in [-0.1, -0.05) is 24.3 Å². The van der Waals surface area contributed by atoms with Crippen molar-refractivity contribution in [3.05, 3.63) is 53.0 Å². The van der Waals surface area contributed by atoms with Gasteiger partial charge in [-0.3, -0.25) is 4.79 Å². The first-order chi connectivity index (χ1) is 15.0. The number of aromatic nitrogens is 2. The predicted molar refractivity (Wildman–Crippen MR) is 123 cm³/mol. The second-order valence-electron chi connectivity index (χ2n) is 6.93. The van der Waals surface area contributed by atoms with E-state index in [1.54, 1.807) is 19.2 Å². The average Bonchev–Trinajstić information content (AvgIpc) is 3.35. The zero-order valence-corrected chi connectivity index (χ0v) is 18.6. The Kier molecular flexibility index (Phi) is 5.81. The summed E-state index contributed by atoms with van der Waals surface area (Å²) in [5, 5.41) is 6.50. The van der Waals surface area contributed by atoms with Gasteiger partial charge in [-0.25, -0.2) is 4.98 Å². The Balaban J connectivity index is 1.55. The third-order valence-corrected chi connectivity index (χ3v) is 5.79. The summed E-state index contributed by atoms with van der Waals surface area (Å²) in [6, 6.07) is 11.7. The van der Waals surface area contributed by atoms with Crippen LogP contribution in [-0.4, -0.2) is 37.2 Å². The predicted octanol–water partition coefficient (Wildman–Crippen LogP) is 4.81. The molecule has 4 aromatic rings. The zero-order valence-electron chi connectivity index (χ0n) is 17.7. The number of rotatable bonds is 7. The minimum atomic E-state index is -0.193. The molecular formula is C23H23N3O4S. The highest BCUT2D eigenvalue weighted by Crippen LogP contribution is 2.40. The highest BCUT2D eigenvalue weighted by molar-refractivity contribution is 7.14. The van der Waals surface area contributed by atoms with Gasteiger partial charge < -0.3 is 24.5 Å². The molecule has 0 saturated heterocycles.